The highest BCUT2D eigenvalue weighted by Crippen LogP contribution is 2.42. The van der Waals surface area contributed by atoms with Gasteiger partial charge in [-0.2, -0.15) is 0 Å². The summed E-state index contributed by atoms with van der Waals surface area (Å²) >= 11 is 0. The number of hydrogen-bond donors (Lipinski definition) is 1. The van der Waals surface area contributed by atoms with Crippen LogP contribution in [0.4, 0.5) is 0 Å². The summed E-state index contributed by atoms with van der Waals surface area (Å²) in [5.41, 5.74) is 2.29. The number of carbonyl (C=O) groups is 2. The maximum atomic E-state index is 13.0. The van der Waals surface area contributed by atoms with Crippen LogP contribution in [0.3, 0.4) is 0 Å². The third-order valence-corrected chi connectivity index (χ3v) is 4.89. The zero-order valence-corrected chi connectivity index (χ0v) is 13.8. The molecule has 1 N–H and O–H groups in total. The van der Waals surface area contributed by atoms with Crippen molar-refractivity contribution >= 4 is 11.6 Å². The molecular weight excluding hydrogens is 304 g/mol. The lowest BCUT2D eigenvalue weighted by molar-refractivity contribution is -0.0231. The second-order valence-corrected chi connectivity index (χ2v) is 7.09. The first-order valence-corrected chi connectivity index (χ1v) is 8.03. The van der Waals surface area contributed by atoms with E-state index in [9.17, 15) is 14.7 Å². The summed E-state index contributed by atoms with van der Waals surface area (Å²) in [6.45, 7) is 5.24. The smallest absolute Gasteiger partial charge is 0.194 e. The second-order valence-electron chi connectivity index (χ2n) is 7.09. The Morgan fingerprint density at radius 1 is 1.08 bits per heavy atom. The topological polar surface area (TPSA) is 63.6 Å². The van der Waals surface area contributed by atoms with Crippen molar-refractivity contribution < 1.29 is 19.4 Å². The lowest BCUT2D eigenvalue weighted by Gasteiger charge is -2.24. The molecule has 1 atom stereocenters. The van der Waals surface area contributed by atoms with E-state index in [0.717, 1.165) is 11.1 Å². The molecule has 122 valence electrons. The highest BCUT2D eigenvalue weighted by atomic mass is 16.5. The maximum Gasteiger partial charge on any atom is 0.194 e. The molecule has 4 heteroatoms. The zero-order valence-electron chi connectivity index (χ0n) is 13.8. The molecule has 0 unspecified atom stereocenters. The Morgan fingerprint density at radius 2 is 1.71 bits per heavy atom. The van der Waals surface area contributed by atoms with E-state index in [4.69, 9.17) is 4.74 Å². The molecule has 0 bridgehead atoms. The monoisotopic (exact) mass is 322 g/mol. The fourth-order valence-corrected chi connectivity index (χ4v) is 3.59. The molecule has 1 aliphatic carbocycles. The molecule has 2 aromatic carbocycles. The Balaban J connectivity index is 1.94. The summed E-state index contributed by atoms with van der Waals surface area (Å²) in [4.78, 5) is 25.9. The number of ether oxygens (including phenoxy) is 1. The van der Waals surface area contributed by atoms with E-state index in [1.807, 2.05) is 6.92 Å². The molecule has 24 heavy (non-hydrogen) atoms. The van der Waals surface area contributed by atoms with E-state index in [-0.39, 0.29) is 11.6 Å². The third-order valence-electron chi connectivity index (χ3n) is 4.89. The van der Waals surface area contributed by atoms with Crippen molar-refractivity contribution in [2.75, 3.05) is 0 Å². The molecule has 0 saturated heterocycles. The normalized spacial score (nSPS) is 18.8. The van der Waals surface area contributed by atoms with Gasteiger partial charge in [0.15, 0.2) is 11.6 Å². The van der Waals surface area contributed by atoms with Gasteiger partial charge in [-0.3, -0.25) is 9.59 Å². The number of ketones is 2. The van der Waals surface area contributed by atoms with Gasteiger partial charge >= 0.3 is 0 Å². The number of aryl methyl sites for hydroxylation is 1. The number of rotatable bonds is 1. The fourth-order valence-electron chi connectivity index (χ4n) is 3.59. The first-order valence-electron chi connectivity index (χ1n) is 8.03. The van der Waals surface area contributed by atoms with E-state index >= 15 is 0 Å². The van der Waals surface area contributed by atoms with Crippen molar-refractivity contribution in [3.63, 3.8) is 0 Å². The molecule has 4 nitrogen and oxygen atoms in total. The van der Waals surface area contributed by atoms with Crippen molar-refractivity contribution in [1.82, 2.24) is 0 Å². The lowest BCUT2D eigenvalue weighted by Crippen LogP contribution is -2.39. The van der Waals surface area contributed by atoms with Gasteiger partial charge < -0.3 is 9.84 Å². The van der Waals surface area contributed by atoms with Crippen molar-refractivity contribution in [2.45, 2.75) is 38.9 Å². The van der Waals surface area contributed by atoms with Crippen LogP contribution in [0.2, 0.25) is 0 Å². The Bertz CT molecular complexity index is 903. The molecular formula is C20H18O4. The minimum Gasteiger partial charge on any atom is -0.487 e. The summed E-state index contributed by atoms with van der Waals surface area (Å²) in [6, 6.07) is 8.64. The van der Waals surface area contributed by atoms with Crippen LogP contribution in [0.1, 0.15) is 56.8 Å². The minimum absolute atomic E-state index is 0.127. The second kappa shape index (κ2) is 4.77. The number of benzene rings is 2. The van der Waals surface area contributed by atoms with Crippen molar-refractivity contribution in [1.29, 1.82) is 0 Å². The van der Waals surface area contributed by atoms with Crippen LogP contribution in [0.15, 0.2) is 30.3 Å². The van der Waals surface area contributed by atoms with Crippen LogP contribution in [0.5, 0.6) is 5.75 Å². The molecule has 0 saturated carbocycles. The van der Waals surface area contributed by atoms with Crippen molar-refractivity contribution in [2.24, 2.45) is 0 Å². The Hall–Kier alpha value is -2.46. The average molecular weight is 322 g/mol. The highest BCUT2D eigenvalue weighted by Gasteiger charge is 2.41. The molecule has 2 aromatic rings. The van der Waals surface area contributed by atoms with Crippen LogP contribution >= 0.6 is 0 Å². The predicted molar refractivity (Wildman–Crippen MR) is 88.9 cm³/mol. The van der Waals surface area contributed by atoms with Crippen LogP contribution in [0.25, 0.3) is 0 Å². The van der Waals surface area contributed by atoms with E-state index in [2.05, 4.69) is 0 Å². The summed E-state index contributed by atoms with van der Waals surface area (Å²) in [5, 5.41) is 10.3. The minimum atomic E-state index is -1.03. The van der Waals surface area contributed by atoms with E-state index in [0.29, 0.717) is 34.4 Å². The van der Waals surface area contributed by atoms with E-state index < -0.39 is 11.7 Å². The standard InChI is InChI=1S/C20H18O4/c1-10-8-13-16(14-9-15(20(2,3)23)24-19(10)14)18(22)12-7-5-4-6-11(12)17(13)21/h4-8,15,23H,9H2,1-3H3/t15-/m0/s1. The summed E-state index contributed by atoms with van der Waals surface area (Å²) in [7, 11) is 0. The van der Waals surface area contributed by atoms with Gasteiger partial charge in [0, 0.05) is 34.2 Å². The fraction of sp³-hybridized carbons (Fsp3) is 0.300. The van der Waals surface area contributed by atoms with Gasteiger partial charge in [-0.05, 0) is 32.4 Å². The van der Waals surface area contributed by atoms with Crippen LogP contribution in [-0.4, -0.2) is 28.4 Å². The zero-order chi connectivity index (χ0) is 17.2. The number of aliphatic hydroxyl groups is 1. The maximum absolute atomic E-state index is 13.0. The first kappa shape index (κ1) is 15.1. The highest BCUT2D eigenvalue weighted by molar-refractivity contribution is 6.29. The van der Waals surface area contributed by atoms with Gasteiger partial charge in [0.25, 0.3) is 0 Å². The number of carbonyl (C=O) groups excluding carboxylic acids is 2. The van der Waals surface area contributed by atoms with Crippen molar-refractivity contribution in [3.8, 4) is 5.75 Å². The first-order chi connectivity index (χ1) is 11.3. The molecule has 0 aromatic heterocycles. The lowest BCUT2D eigenvalue weighted by atomic mass is 9.79. The predicted octanol–water partition coefficient (Wildman–Crippen LogP) is 2.84. The number of fused-ring (bicyclic) bond motifs is 4. The molecule has 0 spiro atoms. The molecule has 1 aliphatic heterocycles. The summed E-state index contributed by atoms with van der Waals surface area (Å²) in [5.74, 6) is 0.357. The van der Waals surface area contributed by atoms with Gasteiger partial charge in [0.1, 0.15) is 11.9 Å². The Labute approximate surface area is 140 Å². The van der Waals surface area contributed by atoms with Gasteiger partial charge in [-0.15, -0.1) is 0 Å². The summed E-state index contributed by atoms with van der Waals surface area (Å²) < 4.78 is 5.93. The van der Waals surface area contributed by atoms with Gasteiger partial charge in [-0.1, -0.05) is 24.3 Å². The quantitative estimate of drug-likeness (QED) is 0.748. The van der Waals surface area contributed by atoms with Crippen LogP contribution in [0, 0.1) is 6.92 Å². The molecule has 0 amide bonds. The van der Waals surface area contributed by atoms with Gasteiger partial charge in [-0.25, -0.2) is 0 Å². The van der Waals surface area contributed by atoms with E-state index in [1.165, 1.54) is 0 Å². The van der Waals surface area contributed by atoms with Crippen LogP contribution in [-0.2, 0) is 6.42 Å². The number of hydrogen-bond acceptors (Lipinski definition) is 4. The SMILES string of the molecule is Cc1cc2c(c3c1O[C@H](C(C)(C)O)C3)C(=O)c1ccccc1C2=O. The third kappa shape index (κ3) is 1.96. The molecule has 0 radical (unpaired) electrons. The average Bonchev–Trinajstić information content (AvgIpc) is 2.98. The molecule has 0 fully saturated rings. The Morgan fingerprint density at radius 3 is 2.33 bits per heavy atom. The van der Waals surface area contributed by atoms with Gasteiger partial charge in [0.05, 0.1) is 5.60 Å². The molecule has 2 aliphatic rings. The van der Waals surface area contributed by atoms with Crippen LogP contribution < -0.4 is 4.74 Å². The van der Waals surface area contributed by atoms with Crippen molar-refractivity contribution in [3.05, 3.63) is 63.7 Å². The summed E-state index contributed by atoms with van der Waals surface area (Å²) in [6.07, 6.45) is -0.0119. The molecule has 1 heterocycles. The largest absolute Gasteiger partial charge is 0.487 e. The Kier molecular flexibility index (Phi) is 3.00. The van der Waals surface area contributed by atoms with E-state index in [1.54, 1.807) is 44.2 Å². The van der Waals surface area contributed by atoms with Gasteiger partial charge in [0.2, 0.25) is 0 Å². The molecule has 4 rings (SSSR count).